The molecule has 8 atom stereocenters. The minimum absolute atomic E-state index is 0.134. The molecule has 1 saturated carbocycles. The fourth-order valence-corrected chi connectivity index (χ4v) is 8.97. The van der Waals surface area contributed by atoms with Crippen molar-refractivity contribution in [1.29, 1.82) is 0 Å². The molecule has 5 aliphatic rings. The molecule has 2 N–H and O–H groups in total. The molecule has 2 aromatic rings. The summed E-state index contributed by atoms with van der Waals surface area (Å²) in [6.45, 7) is 2.33. The lowest BCUT2D eigenvalue weighted by Gasteiger charge is -2.61. The Labute approximate surface area is 222 Å². The molecule has 2 saturated heterocycles. The predicted octanol–water partition coefficient (Wildman–Crippen LogP) is 5.08. The normalized spacial score (nSPS) is 44.3. The van der Waals surface area contributed by atoms with Gasteiger partial charge in [-0.15, -0.1) is 0 Å². The number of benzene rings is 1. The highest BCUT2D eigenvalue weighted by Crippen LogP contribution is 2.70. The lowest BCUT2D eigenvalue weighted by atomic mass is 9.56. The number of hydrogen-bond donors (Lipinski definition) is 2. The topological polar surface area (TPSA) is 65.8 Å². The number of allylic oxidation sites excluding steroid dienone is 3. The first-order valence-electron chi connectivity index (χ1n) is 13.4. The summed E-state index contributed by atoms with van der Waals surface area (Å²) in [7, 11) is 3.75. The van der Waals surface area contributed by atoms with Crippen LogP contribution in [0.3, 0.4) is 0 Å². The van der Waals surface area contributed by atoms with Crippen molar-refractivity contribution >= 4 is 27.9 Å². The summed E-state index contributed by atoms with van der Waals surface area (Å²) in [6, 6.07) is 8.02. The Kier molecular flexibility index (Phi) is 5.00. The standard InChI is InChI=1S/C30H34ClFN2O3/c1-27-10-8-19-15-30(32)25(36)24(35)22(34(2)3)16-28(30)11-12-29(19,37-28)23(27)7-6-21(27)18-4-5-20-17(14-18)9-13-33-26(20)31/h4-6,8-9,13-14,22-25,35-36H,7,10-12,15-16H2,1-3H3. The Balaban J connectivity index is 1.29. The molecule has 7 rings (SSSR count). The number of pyridine rings is 1. The number of aliphatic hydroxyl groups excluding tert-OH is 2. The Morgan fingerprint density at radius 1 is 1.16 bits per heavy atom. The number of ether oxygens (including phenoxy) is 1. The number of aliphatic hydroxyl groups is 2. The van der Waals surface area contributed by atoms with E-state index in [9.17, 15) is 10.2 Å². The number of nitrogens with zero attached hydrogens (tertiary/aromatic N) is 2. The molecule has 5 nitrogen and oxygen atoms in total. The third-order valence-corrected chi connectivity index (χ3v) is 11.0. The first-order valence-corrected chi connectivity index (χ1v) is 13.8. The SMILES string of the molecule is CN(C)C1CC23CCC4(O2)C(=CCC2(C)C(c5ccc6c(Cl)nccc6c5)=CCC24)CC3(F)C(O)C1O. The molecule has 1 aromatic heterocycles. The van der Waals surface area contributed by atoms with Gasteiger partial charge in [0.25, 0.3) is 0 Å². The van der Waals surface area contributed by atoms with Crippen molar-refractivity contribution in [2.24, 2.45) is 11.3 Å². The lowest BCUT2D eigenvalue weighted by Crippen LogP contribution is -2.73. The van der Waals surface area contributed by atoms with Gasteiger partial charge < -0.3 is 19.8 Å². The summed E-state index contributed by atoms with van der Waals surface area (Å²) < 4.78 is 23.9. The zero-order valence-corrected chi connectivity index (χ0v) is 22.3. The minimum atomic E-state index is -1.99. The third-order valence-electron chi connectivity index (χ3n) is 10.7. The van der Waals surface area contributed by atoms with Crippen molar-refractivity contribution < 1.29 is 19.3 Å². The zero-order valence-electron chi connectivity index (χ0n) is 21.5. The third kappa shape index (κ3) is 2.91. The molecule has 2 bridgehead atoms. The van der Waals surface area contributed by atoms with Crippen LogP contribution in [0.25, 0.3) is 16.3 Å². The van der Waals surface area contributed by atoms with E-state index in [1.807, 2.05) is 25.1 Å². The number of halogens is 2. The lowest BCUT2D eigenvalue weighted by molar-refractivity contribution is -0.282. The molecule has 7 heteroatoms. The largest absolute Gasteiger partial charge is 0.389 e. The Morgan fingerprint density at radius 3 is 2.76 bits per heavy atom. The van der Waals surface area contributed by atoms with Crippen LogP contribution in [0.5, 0.6) is 0 Å². The summed E-state index contributed by atoms with van der Waals surface area (Å²) in [5.41, 5.74) is -0.298. The predicted molar refractivity (Wildman–Crippen MR) is 142 cm³/mol. The average molecular weight is 525 g/mol. The van der Waals surface area contributed by atoms with Gasteiger partial charge in [0.05, 0.1) is 11.7 Å². The van der Waals surface area contributed by atoms with Gasteiger partial charge in [-0.05, 0) is 80.4 Å². The quantitative estimate of drug-likeness (QED) is 0.423. The molecule has 0 amide bonds. The van der Waals surface area contributed by atoms with Gasteiger partial charge in [-0.1, -0.05) is 42.8 Å². The number of hydrogen-bond acceptors (Lipinski definition) is 5. The molecule has 3 heterocycles. The van der Waals surface area contributed by atoms with Gasteiger partial charge in [-0.25, -0.2) is 9.37 Å². The number of fused-ring (bicyclic) bond motifs is 2. The van der Waals surface area contributed by atoms with Crippen molar-refractivity contribution in [3.8, 4) is 0 Å². The van der Waals surface area contributed by atoms with Crippen LogP contribution >= 0.6 is 11.6 Å². The second-order valence-corrected chi connectivity index (χ2v) is 12.8. The van der Waals surface area contributed by atoms with E-state index in [0.717, 1.165) is 35.6 Å². The van der Waals surface area contributed by atoms with Gasteiger partial charge in [-0.2, -0.15) is 0 Å². The molecule has 1 aromatic carbocycles. The monoisotopic (exact) mass is 524 g/mol. The summed E-state index contributed by atoms with van der Waals surface area (Å²) in [5, 5.41) is 24.5. The summed E-state index contributed by atoms with van der Waals surface area (Å²) in [6.07, 6.45) is 7.14. The highest BCUT2D eigenvalue weighted by atomic mass is 35.5. The first-order chi connectivity index (χ1) is 17.5. The minimum Gasteiger partial charge on any atom is -0.389 e. The van der Waals surface area contributed by atoms with Crippen molar-refractivity contribution in [1.82, 2.24) is 9.88 Å². The second kappa shape index (κ2) is 7.64. The van der Waals surface area contributed by atoms with E-state index in [1.54, 1.807) is 6.20 Å². The number of rotatable bonds is 2. The Hall–Kier alpha value is -1.83. The maximum atomic E-state index is 16.9. The van der Waals surface area contributed by atoms with Crippen LogP contribution in [0.4, 0.5) is 4.39 Å². The maximum absolute atomic E-state index is 16.9. The molecule has 2 spiro atoms. The zero-order chi connectivity index (χ0) is 26.0. The molecular formula is C30H34ClFN2O3. The van der Waals surface area contributed by atoms with Gasteiger partial charge in [0, 0.05) is 35.4 Å². The molecule has 3 aliphatic carbocycles. The molecule has 2 aliphatic heterocycles. The van der Waals surface area contributed by atoms with Crippen LogP contribution in [-0.4, -0.2) is 69.3 Å². The maximum Gasteiger partial charge on any atom is 0.171 e. The fourth-order valence-electron chi connectivity index (χ4n) is 8.74. The van der Waals surface area contributed by atoms with Crippen molar-refractivity contribution in [2.45, 2.75) is 80.6 Å². The van der Waals surface area contributed by atoms with Gasteiger partial charge in [0.15, 0.2) is 5.67 Å². The second-order valence-electron chi connectivity index (χ2n) is 12.5. The first kappa shape index (κ1) is 24.2. The number of alkyl halides is 1. The Morgan fingerprint density at radius 2 is 1.97 bits per heavy atom. The van der Waals surface area contributed by atoms with Crippen LogP contribution in [0.15, 0.2) is 48.2 Å². The summed E-state index contributed by atoms with van der Waals surface area (Å²) >= 11 is 6.32. The van der Waals surface area contributed by atoms with Crippen LogP contribution in [0.2, 0.25) is 5.15 Å². The van der Waals surface area contributed by atoms with Crippen molar-refractivity contribution in [3.05, 3.63) is 58.9 Å². The molecule has 8 unspecified atom stereocenters. The van der Waals surface area contributed by atoms with Crippen LogP contribution in [0.1, 0.15) is 51.0 Å². The molecular weight excluding hydrogens is 491 g/mol. The molecule has 0 radical (unpaired) electrons. The fraction of sp³-hybridized carbons (Fsp3) is 0.567. The van der Waals surface area contributed by atoms with Gasteiger partial charge in [-0.3, -0.25) is 0 Å². The highest BCUT2D eigenvalue weighted by molar-refractivity contribution is 6.34. The number of likely N-dealkylation sites (N-methyl/N-ethyl adjacent to an activating group) is 1. The number of aromatic nitrogens is 1. The van der Waals surface area contributed by atoms with Gasteiger partial charge in [0.1, 0.15) is 16.9 Å². The van der Waals surface area contributed by atoms with Crippen molar-refractivity contribution in [2.75, 3.05) is 14.1 Å². The van der Waals surface area contributed by atoms with Crippen LogP contribution in [-0.2, 0) is 4.74 Å². The molecule has 3 fully saturated rings. The van der Waals surface area contributed by atoms with E-state index in [4.69, 9.17) is 16.3 Å². The van der Waals surface area contributed by atoms with E-state index in [1.165, 1.54) is 11.1 Å². The van der Waals surface area contributed by atoms with E-state index >= 15 is 4.39 Å². The summed E-state index contributed by atoms with van der Waals surface area (Å²) in [5.74, 6) is 0.192. The van der Waals surface area contributed by atoms with Gasteiger partial charge >= 0.3 is 0 Å². The van der Waals surface area contributed by atoms with E-state index in [0.29, 0.717) is 18.0 Å². The van der Waals surface area contributed by atoms with Gasteiger partial charge in [0.2, 0.25) is 0 Å². The van der Waals surface area contributed by atoms with E-state index in [2.05, 4.69) is 42.3 Å². The van der Waals surface area contributed by atoms with Crippen LogP contribution < -0.4 is 0 Å². The van der Waals surface area contributed by atoms with E-state index < -0.39 is 29.1 Å². The average Bonchev–Trinajstić information content (AvgIpc) is 3.40. The Bertz CT molecular complexity index is 1380. The summed E-state index contributed by atoms with van der Waals surface area (Å²) in [4.78, 5) is 6.10. The van der Waals surface area contributed by atoms with Crippen LogP contribution in [0, 0.1) is 11.3 Å². The van der Waals surface area contributed by atoms with E-state index in [-0.39, 0.29) is 23.8 Å². The highest BCUT2D eigenvalue weighted by Gasteiger charge is 2.76. The molecule has 37 heavy (non-hydrogen) atoms. The van der Waals surface area contributed by atoms with Crippen molar-refractivity contribution in [3.63, 3.8) is 0 Å². The smallest absolute Gasteiger partial charge is 0.171 e. The molecule has 196 valence electrons.